The second kappa shape index (κ2) is 7.43. The monoisotopic (exact) mass is 248 g/mol. The summed E-state index contributed by atoms with van der Waals surface area (Å²) < 4.78 is 16.1. The Morgan fingerprint density at radius 2 is 1.31 bits per heavy atom. The normalized spacial score (nSPS) is 13.1. The summed E-state index contributed by atoms with van der Waals surface area (Å²) in [6.07, 6.45) is 4.89. The topological polar surface area (TPSA) is 27.7 Å². The zero-order valence-corrected chi connectivity index (χ0v) is 12.8. The van der Waals surface area contributed by atoms with Crippen molar-refractivity contribution in [1.82, 2.24) is 0 Å². The Hall–Kier alpha value is 0.0969. The zero-order valence-electron chi connectivity index (χ0n) is 11.8. The average Bonchev–Trinajstić information content (AvgIpc) is 2.23. The zero-order chi connectivity index (χ0) is 12.7. The van der Waals surface area contributed by atoms with E-state index in [-0.39, 0.29) is 0 Å². The summed E-state index contributed by atoms with van der Waals surface area (Å²) in [5.41, 5.74) is 0.443. The van der Waals surface area contributed by atoms with Gasteiger partial charge in [-0.1, -0.05) is 33.6 Å². The summed E-state index contributed by atoms with van der Waals surface area (Å²) in [4.78, 5) is 0. The molecule has 0 aliphatic heterocycles. The summed E-state index contributed by atoms with van der Waals surface area (Å²) in [6.45, 7) is 6.85. The van der Waals surface area contributed by atoms with Gasteiger partial charge in [0.05, 0.1) is 0 Å². The Morgan fingerprint density at radius 1 is 0.812 bits per heavy atom. The summed E-state index contributed by atoms with van der Waals surface area (Å²) in [7, 11) is 2.71. The van der Waals surface area contributed by atoms with Gasteiger partial charge in [0.25, 0.3) is 0 Å². The van der Waals surface area contributed by atoms with Crippen LogP contribution in [0.25, 0.3) is 0 Å². The molecule has 0 aliphatic rings. The van der Waals surface area contributed by atoms with Crippen molar-refractivity contribution in [1.29, 1.82) is 0 Å². The van der Waals surface area contributed by atoms with Gasteiger partial charge < -0.3 is 13.3 Å². The molecule has 0 rings (SSSR count). The second-order valence-corrected chi connectivity index (χ2v) is 8.51. The van der Waals surface area contributed by atoms with Gasteiger partial charge in [0.2, 0.25) is 0 Å². The van der Waals surface area contributed by atoms with E-state index in [9.17, 15) is 0 Å². The molecule has 0 fully saturated rings. The Bertz CT molecular complexity index is 165. The predicted octanol–water partition coefficient (Wildman–Crippen LogP) is 3.47. The van der Waals surface area contributed by atoms with Crippen molar-refractivity contribution in [2.24, 2.45) is 5.41 Å². The Balaban J connectivity index is 3.71. The Kier molecular flexibility index (Phi) is 7.47. The highest BCUT2D eigenvalue weighted by atomic mass is 28.4. The van der Waals surface area contributed by atoms with Crippen LogP contribution in [0, 0.1) is 5.41 Å². The molecule has 0 N–H and O–H groups in total. The molecule has 98 valence electrons. The van der Waals surface area contributed by atoms with E-state index in [4.69, 9.17) is 13.3 Å². The fourth-order valence-corrected chi connectivity index (χ4v) is 3.53. The summed E-state index contributed by atoms with van der Waals surface area (Å²) in [5, 5.41) is 0. The largest absolute Gasteiger partial charge is 0.500 e. The van der Waals surface area contributed by atoms with Crippen LogP contribution < -0.4 is 0 Å². The van der Waals surface area contributed by atoms with E-state index >= 15 is 0 Å². The van der Waals surface area contributed by atoms with Gasteiger partial charge in [-0.2, -0.15) is 0 Å². The van der Waals surface area contributed by atoms with Crippen LogP contribution in [0.15, 0.2) is 0 Å². The number of rotatable bonds is 8. The minimum atomic E-state index is -2.31. The van der Waals surface area contributed by atoms with Crippen molar-refractivity contribution >= 4 is 8.80 Å². The van der Waals surface area contributed by atoms with Gasteiger partial charge in [-0.05, 0) is 18.3 Å². The fraction of sp³-hybridized carbons (Fsp3) is 1.00. The van der Waals surface area contributed by atoms with Crippen molar-refractivity contribution < 1.29 is 13.3 Å². The van der Waals surface area contributed by atoms with E-state index in [0.717, 1.165) is 12.5 Å². The molecular weight excluding hydrogens is 220 g/mol. The molecule has 4 heteroatoms. The molecular formula is C12H28O3Si. The van der Waals surface area contributed by atoms with Gasteiger partial charge in [-0.25, -0.2) is 0 Å². The highest BCUT2D eigenvalue weighted by molar-refractivity contribution is 6.60. The first-order valence-corrected chi connectivity index (χ1v) is 7.98. The molecule has 0 bridgehead atoms. The maximum Gasteiger partial charge on any atom is 0.500 e. The summed E-state index contributed by atoms with van der Waals surface area (Å²) in [6, 6.07) is 0.917. The van der Waals surface area contributed by atoms with E-state index in [0.29, 0.717) is 5.41 Å². The third-order valence-corrected chi connectivity index (χ3v) is 5.67. The molecule has 0 radical (unpaired) electrons. The standard InChI is InChI=1S/C12H28O3Si/c1-12(2,3)10-8-7-9-11-16(13-4,14-5)15-6/h7-11H2,1-6H3. The maximum atomic E-state index is 5.38. The van der Waals surface area contributed by atoms with Crippen LogP contribution in [0.1, 0.15) is 46.5 Å². The van der Waals surface area contributed by atoms with Crippen LogP contribution in [0.5, 0.6) is 0 Å². The first kappa shape index (κ1) is 16.1. The average molecular weight is 248 g/mol. The number of unbranched alkanes of at least 4 members (excludes halogenated alkanes) is 2. The van der Waals surface area contributed by atoms with Gasteiger partial charge in [0.15, 0.2) is 0 Å². The van der Waals surface area contributed by atoms with Gasteiger partial charge in [0, 0.05) is 27.4 Å². The molecule has 0 unspecified atom stereocenters. The van der Waals surface area contributed by atoms with Crippen LogP contribution in [0.4, 0.5) is 0 Å². The van der Waals surface area contributed by atoms with E-state index in [1.54, 1.807) is 21.3 Å². The van der Waals surface area contributed by atoms with Crippen molar-refractivity contribution in [3.63, 3.8) is 0 Å². The first-order valence-electron chi connectivity index (χ1n) is 6.04. The minimum Gasteiger partial charge on any atom is -0.377 e. The van der Waals surface area contributed by atoms with Crippen molar-refractivity contribution in [3.05, 3.63) is 0 Å². The molecule has 0 spiro atoms. The van der Waals surface area contributed by atoms with Gasteiger partial charge in [0.1, 0.15) is 0 Å². The Labute approximate surface area is 102 Å². The summed E-state index contributed by atoms with van der Waals surface area (Å²) >= 11 is 0. The molecule has 0 saturated carbocycles. The van der Waals surface area contributed by atoms with Crippen molar-refractivity contribution in [2.75, 3.05) is 21.3 Å². The van der Waals surface area contributed by atoms with Crippen molar-refractivity contribution in [3.8, 4) is 0 Å². The third kappa shape index (κ3) is 6.63. The Morgan fingerprint density at radius 3 is 1.69 bits per heavy atom. The van der Waals surface area contributed by atoms with Gasteiger partial charge >= 0.3 is 8.80 Å². The van der Waals surface area contributed by atoms with Crippen molar-refractivity contribution in [2.45, 2.75) is 52.5 Å². The quantitative estimate of drug-likeness (QED) is 0.486. The van der Waals surface area contributed by atoms with Crippen LogP contribution in [-0.2, 0) is 13.3 Å². The lowest BCUT2D eigenvalue weighted by Crippen LogP contribution is -2.42. The van der Waals surface area contributed by atoms with Gasteiger partial charge in [-0.15, -0.1) is 0 Å². The van der Waals surface area contributed by atoms with E-state index < -0.39 is 8.80 Å². The smallest absolute Gasteiger partial charge is 0.377 e. The predicted molar refractivity (Wildman–Crippen MR) is 69.5 cm³/mol. The molecule has 0 atom stereocenters. The molecule has 3 nitrogen and oxygen atoms in total. The lowest BCUT2D eigenvalue weighted by molar-refractivity contribution is 0.122. The second-order valence-electron chi connectivity index (χ2n) is 5.42. The van der Waals surface area contributed by atoms with Crippen LogP contribution >= 0.6 is 0 Å². The number of hydrogen-bond donors (Lipinski definition) is 0. The molecule has 0 aromatic heterocycles. The van der Waals surface area contributed by atoms with E-state index in [1.807, 2.05) is 0 Å². The molecule has 0 aromatic rings. The van der Waals surface area contributed by atoms with Crippen LogP contribution in [0.3, 0.4) is 0 Å². The summed E-state index contributed by atoms with van der Waals surface area (Å²) in [5.74, 6) is 0. The third-order valence-electron chi connectivity index (χ3n) is 2.84. The lowest BCUT2D eigenvalue weighted by atomic mass is 9.90. The molecule has 0 heterocycles. The molecule has 16 heavy (non-hydrogen) atoms. The highest BCUT2D eigenvalue weighted by Crippen LogP contribution is 2.24. The van der Waals surface area contributed by atoms with E-state index in [2.05, 4.69) is 20.8 Å². The van der Waals surface area contributed by atoms with Crippen LogP contribution in [0.2, 0.25) is 6.04 Å². The van der Waals surface area contributed by atoms with E-state index in [1.165, 1.54) is 19.3 Å². The molecule has 0 saturated heterocycles. The fourth-order valence-electron chi connectivity index (χ4n) is 1.73. The highest BCUT2D eigenvalue weighted by Gasteiger charge is 2.36. The van der Waals surface area contributed by atoms with Gasteiger partial charge in [-0.3, -0.25) is 0 Å². The minimum absolute atomic E-state index is 0.443. The maximum absolute atomic E-state index is 5.38. The molecule has 0 amide bonds. The molecule has 0 aromatic carbocycles. The molecule has 0 aliphatic carbocycles. The van der Waals surface area contributed by atoms with Crippen LogP contribution in [-0.4, -0.2) is 30.1 Å². The SMILES string of the molecule is CO[Si](CCCCCC(C)(C)C)(OC)OC. The lowest BCUT2D eigenvalue weighted by Gasteiger charge is -2.24. The number of hydrogen-bond acceptors (Lipinski definition) is 3. The first-order chi connectivity index (χ1) is 7.39.